The Labute approximate surface area is 304 Å². The standard InChI is InChI=1S/C39H51Si.3ClH.Ti/c1-6-10-13-32-16-23-36(24-17-32)40(39-29-22-35(30-39)31(5)9-4,37-25-18-33(19-26-37)14-11-7-2)38-27-20-34(21-28-38)15-12-8-3;;;;/h16-28,31H,6-15,29H2,1-5H3;3*1H;/q-1;;;;+4/p-3. The van der Waals surface area contributed by atoms with Gasteiger partial charge < -0.3 is 37.2 Å². The minimum absolute atomic E-state index is 0. The van der Waals surface area contributed by atoms with Crippen molar-refractivity contribution in [2.45, 2.75) is 105 Å². The van der Waals surface area contributed by atoms with E-state index in [1.165, 1.54) is 81.5 Å². The normalized spacial score (nSPS) is 12.9. The average Bonchev–Trinajstić information content (AvgIpc) is 3.50. The van der Waals surface area contributed by atoms with Gasteiger partial charge in [0.05, 0.1) is 0 Å². The molecule has 0 aliphatic heterocycles. The SMILES string of the molecule is CCCCc1ccc([Si](C2=[C-]C(C(C)CC)=CC2)(c2ccc(CCCC)cc2)c2ccc(CCCC)cc2)cc1.[Cl-].[Cl-].[Cl-].[Ti+4]. The van der Waals surface area contributed by atoms with Gasteiger partial charge in [-0.05, 0) is 70.8 Å². The first-order valence-electron chi connectivity index (χ1n) is 16.2. The molecule has 3 aromatic carbocycles. The molecule has 0 amide bonds. The molecule has 0 saturated carbocycles. The Morgan fingerprint density at radius 3 is 1.23 bits per heavy atom. The zero-order chi connectivity index (χ0) is 28.4. The molecular formula is C39H51Cl3SiTi. The van der Waals surface area contributed by atoms with Gasteiger partial charge in [0.15, 0.2) is 8.07 Å². The van der Waals surface area contributed by atoms with Crippen LogP contribution in [0, 0.1) is 12.0 Å². The number of unbranched alkanes of at least 4 members (excludes halogenated alkanes) is 3. The number of hydrogen-bond acceptors (Lipinski definition) is 0. The van der Waals surface area contributed by atoms with Crippen LogP contribution in [0.25, 0.3) is 0 Å². The van der Waals surface area contributed by atoms with Crippen molar-refractivity contribution >= 4 is 23.6 Å². The molecule has 0 saturated heterocycles. The number of hydrogen-bond donors (Lipinski definition) is 0. The van der Waals surface area contributed by atoms with Gasteiger partial charge in [0.2, 0.25) is 0 Å². The van der Waals surface area contributed by atoms with Crippen molar-refractivity contribution in [3.05, 3.63) is 112 Å². The van der Waals surface area contributed by atoms with E-state index >= 15 is 0 Å². The van der Waals surface area contributed by atoms with Crippen LogP contribution in [0.2, 0.25) is 0 Å². The molecule has 0 fully saturated rings. The molecule has 1 aliphatic rings. The van der Waals surface area contributed by atoms with E-state index in [2.05, 4.69) is 120 Å². The summed E-state index contributed by atoms with van der Waals surface area (Å²) in [6.07, 6.45) is 19.7. The maximum absolute atomic E-state index is 4.06. The van der Waals surface area contributed by atoms with Gasteiger partial charge in [0.1, 0.15) is 0 Å². The number of allylic oxidation sites excluding steroid dienone is 4. The summed E-state index contributed by atoms with van der Waals surface area (Å²) >= 11 is 0. The summed E-state index contributed by atoms with van der Waals surface area (Å²) in [6.45, 7) is 11.5. The predicted molar refractivity (Wildman–Crippen MR) is 179 cm³/mol. The van der Waals surface area contributed by atoms with Crippen LogP contribution in [0.5, 0.6) is 0 Å². The molecule has 3 aromatic rings. The Morgan fingerprint density at radius 1 is 0.591 bits per heavy atom. The Kier molecular flexibility index (Phi) is 21.2. The van der Waals surface area contributed by atoms with E-state index < -0.39 is 8.07 Å². The molecule has 0 radical (unpaired) electrons. The van der Waals surface area contributed by atoms with E-state index in [0.717, 1.165) is 32.1 Å². The first-order chi connectivity index (χ1) is 19.6. The first-order valence-corrected chi connectivity index (χ1v) is 18.2. The molecule has 1 aliphatic carbocycles. The van der Waals surface area contributed by atoms with Crippen molar-refractivity contribution in [3.8, 4) is 0 Å². The molecular weight excluding hydrogens is 651 g/mol. The van der Waals surface area contributed by atoms with Gasteiger partial charge in [-0.1, -0.05) is 145 Å². The maximum Gasteiger partial charge on any atom is 4.00 e. The summed E-state index contributed by atoms with van der Waals surface area (Å²) < 4.78 is 0. The second-order valence-corrected chi connectivity index (χ2v) is 15.8. The quantitative estimate of drug-likeness (QED) is 0.118. The minimum atomic E-state index is -2.50. The topological polar surface area (TPSA) is 0 Å². The van der Waals surface area contributed by atoms with Crippen LogP contribution >= 0.6 is 0 Å². The van der Waals surface area contributed by atoms with Gasteiger partial charge in [0, 0.05) is 0 Å². The molecule has 4 rings (SSSR count). The summed E-state index contributed by atoms with van der Waals surface area (Å²) in [7, 11) is -2.50. The van der Waals surface area contributed by atoms with Crippen LogP contribution < -0.4 is 52.8 Å². The van der Waals surface area contributed by atoms with E-state index in [9.17, 15) is 0 Å². The third-order valence-corrected chi connectivity index (χ3v) is 13.9. The summed E-state index contributed by atoms with van der Waals surface area (Å²) in [6, 6.07) is 29.3. The Morgan fingerprint density at radius 2 is 0.932 bits per heavy atom. The summed E-state index contributed by atoms with van der Waals surface area (Å²) in [5.74, 6) is 0.549. The second-order valence-electron chi connectivity index (χ2n) is 11.9. The summed E-state index contributed by atoms with van der Waals surface area (Å²) in [5, 5.41) is 6.01. The average molecular weight is 702 g/mol. The van der Waals surface area contributed by atoms with Crippen molar-refractivity contribution in [1.29, 1.82) is 0 Å². The largest absolute Gasteiger partial charge is 4.00 e. The van der Waals surface area contributed by atoms with Gasteiger partial charge in [-0.15, -0.1) is 0 Å². The number of halogens is 3. The van der Waals surface area contributed by atoms with E-state index in [-0.39, 0.29) is 58.9 Å². The fourth-order valence-electron chi connectivity index (χ4n) is 6.21. The molecule has 236 valence electrons. The molecule has 5 heteroatoms. The van der Waals surface area contributed by atoms with Crippen LogP contribution in [0.4, 0.5) is 0 Å². The van der Waals surface area contributed by atoms with Crippen molar-refractivity contribution < 1.29 is 58.9 Å². The summed E-state index contributed by atoms with van der Waals surface area (Å²) in [4.78, 5) is 0. The van der Waals surface area contributed by atoms with E-state index in [0.29, 0.717) is 5.92 Å². The smallest absolute Gasteiger partial charge is 1.00 e. The van der Waals surface area contributed by atoms with Crippen LogP contribution in [0.3, 0.4) is 0 Å². The van der Waals surface area contributed by atoms with Gasteiger partial charge in [0.25, 0.3) is 0 Å². The van der Waals surface area contributed by atoms with E-state index in [4.69, 9.17) is 0 Å². The monoisotopic (exact) mass is 700 g/mol. The molecule has 44 heavy (non-hydrogen) atoms. The van der Waals surface area contributed by atoms with Crippen LogP contribution in [0.15, 0.2) is 89.6 Å². The Bertz CT molecular complexity index is 1140. The number of aryl methyl sites for hydroxylation is 3. The Hall–Kier alpha value is -1.06. The van der Waals surface area contributed by atoms with E-state index in [1.807, 2.05) is 0 Å². The number of rotatable bonds is 15. The maximum atomic E-state index is 4.06. The first kappa shape index (κ1) is 42.9. The number of benzene rings is 3. The molecule has 0 N–H and O–H groups in total. The third-order valence-electron chi connectivity index (χ3n) is 9.04. The van der Waals surface area contributed by atoms with E-state index in [1.54, 1.807) is 0 Å². The van der Waals surface area contributed by atoms with Gasteiger partial charge in [-0.25, -0.2) is 11.6 Å². The molecule has 0 heterocycles. The zero-order valence-electron chi connectivity index (χ0n) is 27.5. The van der Waals surface area contributed by atoms with Gasteiger partial charge in [-0.2, -0.15) is 5.20 Å². The molecule has 1 atom stereocenters. The molecule has 0 bridgehead atoms. The molecule has 0 aromatic heterocycles. The van der Waals surface area contributed by atoms with Gasteiger partial charge >= 0.3 is 21.7 Å². The molecule has 1 unspecified atom stereocenters. The van der Waals surface area contributed by atoms with Crippen LogP contribution in [-0.4, -0.2) is 8.07 Å². The predicted octanol–water partition coefficient (Wildman–Crippen LogP) is -0.161. The fraction of sp³-hybridized carbons (Fsp3) is 0.436. The van der Waals surface area contributed by atoms with Crippen molar-refractivity contribution in [2.75, 3.05) is 0 Å². The van der Waals surface area contributed by atoms with Crippen molar-refractivity contribution in [1.82, 2.24) is 0 Å². The molecule has 0 spiro atoms. The second kappa shape index (κ2) is 21.7. The van der Waals surface area contributed by atoms with Gasteiger partial charge in [-0.3, -0.25) is 6.08 Å². The fourth-order valence-corrected chi connectivity index (χ4v) is 11.0. The zero-order valence-corrected chi connectivity index (χ0v) is 32.3. The van der Waals surface area contributed by atoms with Crippen molar-refractivity contribution in [2.24, 2.45) is 5.92 Å². The van der Waals surface area contributed by atoms with Crippen LogP contribution in [0.1, 0.15) is 103 Å². The van der Waals surface area contributed by atoms with Crippen molar-refractivity contribution in [3.63, 3.8) is 0 Å². The Balaban J connectivity index is 0.00000462. The summed E-state index contributed by atoms with van der Waals surface area (Å²) in [5.41, 5.74) is 5.79. The van der Waals surface area contributed by atoms with Crippen LogP contribution in [-0.2, 0) is 41.0 Å². The minimum Gasteiger partial charge on any atom is -1.00 e. The third kappa shape index (κ3) is 10.2. The molecule has 0 nitrogen and oxygen atoms in total.